The third-order valence-corrected chi connectivity index (χ3v) is 1.56. The molecule has 0 radical (unpaired) electrons. The van der Waals surface area contributed by atoms with Crippen LogP contribution >= 0.6 is 12.2 Å². The zero-order valence-electron chi connectivity index (χ0n) is 8.02. The van der Waals surface area contributed by atoms with Crippen molar-refractivity contribution in [3.05, 3.63) is 0 Å². The second kappa shape index (κ2) is 7.31. The molecule has 0 aliphatic rings. The van der Waals surface area contributed by atoms with Crippen LogP contribution in [0.15, 0.2) is 0 Å². The van der Waals surface area contributed by atoms with Gasteiger partial charge in [-0.2, -0.15) is 0 Å². The first-order chi connectivity index (χ1) is 5.66. The van der Waals surface area contributed by atoms with Crippen LogP contribution in [0, 0.1) is 5.92 Å². The van der Waals surface area contributed by atoms with Gasteiger partial charge in [0.25, 0.3) is 0 Å². The van der Waals surface area contributed by atoms with Crippen molar-refractivity contribution in [3.8, 4) is 0 Å². The minimum Gasteiger partial charge on any atom is -0.379 e. The highest BCUT2D eigenvalue weighted by molar-refractivity contribution is 7.80. The van der Waals surface area contributed by atoms with E-state index in [0.717, 1.165) is 13.2 Å². The van der Waals surface area contributed by atoms with Gasteiger partial charge in [-0.25, -0.2) is 0 Å². The van der Waals surface area contributed by atoms with Crippen molar-refractivity contribution in [2.45, 2.75) is 13.8 Å². The molecule has 0 aliphatic carbocycles. The maximum Gasteiger partial charge on any atom is 0.166 e. The Labute approximate surface area is 79.9 Å². The van der Waals surface area contributed by atoms with Crippen LogP contribution in [-0.4, -0.2) is 31.9 Å². The number of nitrogens with one attached hydrogen (secondary N) is 2. The first-order valence-corrected chi connectivity index (χ1v) is 4.61. The summed E-state index contributed by atoms with van der Waals surface area (Å²) in [5.41, 5.74) is 0. The van der Waals surface area contributed by atoms with Crippen LogP contribution in [0.5, 0.6) is 0 Å². The van der Waals surface area contributed by atoms with Gasteiger partial charge >= 0.3 is 0 Å². The zero-order chi connectivity index (χ0) is 9.40. The Morgan fingerprint density at radius 1 is 1.50 bits per heavy atom. The van der Waals surface area contributed by atoms with Gasteiger partial charge in [0.1, 0.15) is 0 Å². The number of thiocarbonyl (C=S) groups is 1. The van der Waals surface area contributed by atoms with E-state index in [-0.39, 0.29) is 0 Å². The molecule has 12 heavy (non-hydrogen) atoms. The summed E-state index contributed by atoms with van der Waals surface area (Å²) >= 11 is 4.88. The molecule has 3 nitrogen and oxygen atoms in total. The largest absolute Gasteiger partial charge is 0.379 e. The summed E-state index contributed by atoms with van der Waals surface area (Å²) in [6.45, 7) is 6.55. The van der Waals surface area contributed by atoms with Gasteiger partial charge in [0, 0.05) is 20.2 Å². The summed E-state index contributed by atoms with van der Waals surface area (Å²) in [5.74, 6) is 0.598. The lowest BCUT2D eigenvalue weighted by Crippen LogP contribution is -2.34. The quantitative estimate of drug-likeness (QED) is 0.495. The van der Waals surface area contributed by atoms with E-state index in [2.05, 4.69) is 24.5 Å². The molecule has 0 saturated heterocycles. The molecule has 0 amide bonds. The highest BCUT2D eigenvalue weighted by Crippen LogP contribution is 1.90. The molecule has 0 aromatic carbocycles. The van der Waals surface area contributed by atoms with Crippen molar-refractivity contribution in [1.29, 1.82) is 0 Å². The van der Waals surface area contributed by atoms with Crippen LogP contribution < -0.4 is 10.6 Å². The Morgan fingerprint density at radius 3 is 2.67 bits per heavy atom. The first-order valence-electron chi connectivity index (χ1n) is 4.20. The summed E-state index contributed by atoms with van der Waals surface area (Å²) in [4.78, 5) is 0. The van der Waals surface area contributed by atoms with Gasteiger partial charge in [-0.15, -0.1) is 0 Å². The van der Waals surface area contributed by atoms with Crippen LogP contribution in [0.4, 0.5) is 0 Å². The lowest BCUT2D eigenvalue weighted by atomic mass is 10.2. The molecule has 0 heterocycles. The Kier molecular flexibility index (Phi) is 7.09. The monoisotopic (exact) mass is 190 g/mol. The van der Waals surface area contributed by atoms with E-state index < -0.39 is 0 Å². The van der Waals surface area contributed by atoms with Crippen molar-refractivity contribution in [2.75, 3.05) is 26.8 Å². The molecular weight excluding hydrogens is 172 g/mol. The molecule has 72 valence electrons. The average Bonchev–Trinajstić information content (AvgIpc) is 2.03. The van der Waals surface area contributed by atoms with Gasteiger partial charge in [-0.1, -0.05) is 13.8 Å². The molecule has 0 unspecified atom stereocenters. The molecule has 0 spiro atoms. The summed E-state index contributed by atoms with van der Waals surface area (Å²) < 4.78 is 5.34. The molecule has 0 atom stereocenters. The lowest BCUT2D eigenvalue weighted by molar-refractivity contribution is 0.114. The van der Waals surface area contributed by atoms with Crippen molar-refractivity contribution >= 4 is 17.3 Å². The number of hydrogen-bond acceptors (Lipinski definition) is 2. The fourth-order valence-electron chi connectivity index (χ4n) is 0.644. The van der Waals surface area contributed by atoms with Crippen molar-refractivity contribution in [2.24, 2.45) is 5.92 Å². The second-order valence-electron chi connectivity index (χ2n) is 2.97. The van der Waals surface area contributed by atoms with Crippen LogP contribution in [0.25, 0.3) is 0 Å². The third-order valence-electron chi connectivity index (χ3n) is 1.21. The van der Waals surface area contributed by atoms with E-state index in [1.54, 1.807) is 7.05 Å². The minimum absolute atomic E-state index is 0.598. The average molecular weight is 190 g/mol. The Bertz CT molecular complexity index is 128. The molecule has 0 aromatic rings. The summed E-state index contributed by atoms with van der Waals surface area (Å²) in [6, 6.07) is 0. The van der Waals surface area contributed by atoms with Gasteiger partial charge in [-0.3, -0.25) is 0 Å². The molecular formula is C8H18N2OS. The summed E-state index contributed by atoms with van der Waals surface area (Å²) in [7, 11) is 1.80. The van der Waals surface area contributed by atoms with Gasteiger partial charge in [0.15, 0.2) is 5.11 Å². The van der Waals surface area contributed by atoms with Gasteiger partial charge in [0.05, 0.1) is 6.61 Å². The lowest BCUT2D eigenvalue weighted by Gasteiger charge is -2.08. The van der Waals surface area contributed by atoms with Gasteiger partial charge in [-0.05, 0) is 18.1 Å². The summed E-state index contributed by atoms with van der Waals surface area (Å²) in [5, 5.41) is 6.50. The fourth-order valence-corrected chi connectivity index (χ4v) is 0.746. The standard InChI is InChI=1S/C8H18N2OS/c1-7(2)6-11-5-4-10-8(12)9-3/h7H,4-6H2,1-3H3,(H2,9,10,12). The van der Waals surface area contributed by atoms with E-state index in [9.17, 15) is 0 Å². The Hall–Kier alpha value is -0.350. The fraction of sp³-hybridized carbons (Fsp3) is 0.875. The predicted molar refractivity (Wildman–Crippen MR) is 55.3 cm³/mol. The Morgan fingerprint density at radius 2 is 2.17 bits per heavy atom. The highest BCUT2D eigenvalue weighted by Gasteiger charge is 1.93. The molecule has 2 N–H and O–H groups in total. The van der Waals surface area contributed by atoms with Crippen molar-refractivity contribution in [3.63, 3.8) is 0 Å². The third kappa shape index (κ3) is 7.75. The minimum atomic E-state index is 0.598. The molecule has 0 fully saturated rings. The Balaban J connectivity index is 3.05. The van der Waals surface area contributed by atoms with E-state index in [4.69, 9.17) is 17.0 Å². The molecule has 0 bridgehead atoms. The number of rotatable bonds is 5. The van der Waals surface area contributed by atoms with E-state index >= 15 is 0 Å². The van der Waals surface area contributed by atoms with Crippen molar-refractivity contribution < 1.29 is 4.74 Å². The second-order valence-corrected chi connectivity index (χ2v) is 3.38. The molecule has 0 aromatic heterocycles. The SMILES string of the molecule is CNC(=S)NCCOCC(C)C. The van der Waals surface area contributed by atoms with E-state index in [1.165, 1.54) is 0 Å². The maximum atomic E-state index is 5.34. The maximum absolute atomic E-state index is 5.34. The van der Waals surface area contributed by atoms with Crippen molar-refractivity contribution in [1.82, 2.24) is 10.6 Å². The first kappa shape index (κ1) is 11.6. The van der Waals surface area contributed by atoms with Gasteiger partial charge < -0.3 is 15.4 Å². The number of hydrogen-bond donors (Lipinski definition) is 2. The van der Waals surface area contributed by atoms with Crippen LogP contribution in [-0.2, 0) is 4.74 Å². The molecule has 4 heteroatoms. The predicted octanol–water partition coefficient (Wildman–Crippen LogP) is 0.753. The highest BCUT2D eigenvalue weighted by atomic mass is 32.1. The van der Waals surface area contributed by atoms with Crippen LogP contribution in [0.2, 0.25) is 0 Å². The molecule has 0 aliphatic heterocycles. The molecule has 0 rings (SSSR count). The summed E-state index contributed by atoms with van der Waals surface area (Å²) in [6.07, 6.45) is 0. The van der Waals surface area contributed by atoms with E-state index in [1.807, 2.05) is 0 Å². The normalized spacial score (nSPS) is 10.0. The van der Waals surface area contributed by atoms with Gasteiger partial charge in [0.2, 0.25) is 0 Å². The zero-order valence-corrected chi connectivity index (χ0v) is 8.83. The molecule has 0 saturated carbocycles. The van der Waals surface area contributed by atoms with E-state index in [0.29, 0.717) is 17.6 Å². The van der Waals surface area contributed by atoms with Crippen LogP contribution in [0.1, 0.15) is 13.8 Å². The smallest absolute Gasteiger partial charge is 0.166 e. The van der Waals surface area contributed by atoms with Crippen LogP contribution in [0.3, 0.4) is 0 Å². The number of ether oxygens (including phenoxy) is 1. The topological polar surface area (TPSA) is 33.3 Å².